The fourth-order valence-electron chi connectivity index (χ4n) is 1.94. The number of carbonyl (C=O) groups excluding carboxylic acids is 1. The number of nitrogens with zero attached hydrogens (tertiary/aromatic N) is 2. The van der Waals surface area contributed by atoms with Gasteiger partial charge in [-0.05, 0) is 12.5 Å². The Balaban J connectivity index is 2.13. The summed E-state index contributed by atoms with van der Waals surface area (Å²) in [6, 6.07) is 10.3. The molecular weight excluding hydrogens is 240 g/mol. The zero-order valence-corrected chi connectivity index (χ0v) is 11.2. The van der Waals surface area contributed by atoms with Crippen molar-refractivity contribution in [1.82, 2.24) is 9.55 Å². The number of rotatable bonds is 5. The van der Waals surface area contributed by atoms with Gasteiger partial charge in [-0.3, -0.25) is 4.79 Å². The molecule has 4 heteroatoms. The highest BCUT2D eigenvalue weighted by atomic mass is 16.5. The number of hydrogen-bond donors (Lipinski definition) is 0. The van der Waals surface area contributed by atoms with Crippen LogP contribution in [0.3, 0.4) is 0 Å². The molecule has 1 aromatic carbocycles. The average Bonchev–Trinajstić information content (AvgIpc) is 2.93. The maximum Gasteiger partial charge on any atom is 0.305 e. The minimum Gasteiger partial charge on any atom is -0.459 e. The molecule has 0 bridgehead atoms. The number of ether oxygens (including phenoxy) is 1. The summed E-state index contributed by atoms with van der Waals surface area (Å²) in [5, 5.41) is 0. The van der Waals surface area contributed by atoms with Crippen LogP contribution in [0.4, 0.5) is 0 Å². The lowest BCUT2D eigenvalue weighted by Gasteiger charge is -2.17. The Morgan fingerprint density at radius 3 is 2.79 bits per heavy atom. The summed E-state index contributed by atoms with van der Waals surface area (Å²) in [7, 11) is 0. The summed E-state index contributed by atoms with van der Waals surface area (Å²) >= 11 is 0. The maximum absolute atomic E-state index is 11.2. The third kappa shape index (κ3) is 3.22. The fourth-order valence-corrected chi connectivity index (χ4v) is 1.94. The van der Waals surface area contributed by atoms with Crippen LogP contribution in [-0.2, 0) is 16.1 Å². The lowest BCUT2D eigenvalue weighted by molar-refractivity contribution is -0.144. The lowest BCUT2D eigenvalue weighted by Crippen LogP contribution is -2.11. The Labute approximate surface area is 113 Å². The normalized spacial score (nSPS) is 12.1. The quantitative estimate of drug-likeness (QED) is 0.774. The van der Waals surface area contributed by atoms with Gasteiger partial charge in [0.1, 0.15) is 6.61 Å². The molecule has 0 N–H and O–H groups in total. The molecule has 1 atom stereocenters. The van der Waals surface area contributed by atoms with Gasteiger partial charge in [-0.1, -0.05) is 37.3 Å². The molecular formula is C15H18N2O2. The van der Waals surface area contributed by atoms with Gasteiger partial charge in [-0.15, -0.1) is 0 Å². The van der Waals surface area contributed by atoms with E-state index in [0.29, 0.717) is 6.42 Å². The molecule has 0 amide bonds. The minimum atomic E-state index is -0.194. The van der Waals surface area contributed by atoms with Gasteiger partial charge in [-0.2, -0.15) is 0 Å². The SMILES string of the molecule is CCC(=O)OCc1cncn1C(C)c1ccccc1. The highest BCUT2D eigenvalue weighted by Crippen LogP contribution is 2.19. The number of carbonyl (C=O) groups is 1. The molecule has 0 saturated carbocycles. The van der Waals surface area contributed by atoms with E-state index in [1.165, 1.54) is 5.56 Å². The first kappa shape index (κ1) is 13.3. The van der Waals surface area contributed by atoms with Crippen LogP contribution in [0.15, 0.2) is 42.9 Å². The molecule has 100 valence electrons. The van der Waals surface area contributed by atoms with E-state index in [1.807, 2.05) is 22.8 Å². The minimum absolute atomic E-state index is 0.166. The summed E-state index contributed by atoms with van der Waals surface area (Å²) in [6.45, 7) is 4.15. The Hall–Kier alpha value is -2.10. The van der Waals surface area contributed by atoms with Crippen molar-refractivity contribution in [3.63, 3.8) is 0 Å². The van der Waals surface area contributed by atoms with E-state index in [0.717, 1.165) is 5.69 Å². The first-order chi connectivity index (χ1) is 9.22. The molecule has 0 aliphatic rings. The van der Waals surface area contributed by atoms with E-state index < -0.39 is 0 Å². The van der Waals surface area contributed by atoms with Gasteiger partial charge in [0, 0.05) is 6.42 Å². The Bertz CT molecular complexity index is 534. The number of benzene rings is 1. The summed E-state index contributed by atoms with van der Waals surface area (Å²) in [4.78, 5) is 15.4. The fraction of sp³-hybridized carbons (Fsp3) is 0.333. The van der Waals surface area contributed by atoms with Crippen LogP contribution in [0, 0.1) is 0 Å². The van der Waals surface area contributed by atoms with Crippen molar-refractivity contribution in [2.24, 2.45) is 0 Å². The molecule has 0 radical (unpaired) electrons. The van der Waals surface area contributed by atoms with E-state index in [1.54, 1.807) is 19.4 Å². The topological polar surface area (TPSA) is 44.1 Å². The van der Waals surface area contributed by atoms with Crippen LogP contribution in [-0.4, -0.2) is 15.5 Å². The third-order valence-electron chi connectivity index (χ3n) is 3.12. The second-order valence-corrected chi connectivity index (χ2v) is 4.39. The Kier molecular flexibility index (Phi) is 4.34. The number of esters is 1. The summed E-state index contributed by atoms with van der Waals surface area (Å²) < 4.78 is 7.19. The Morgan fingerprint density at radius 2 is 2.11 bits per heavy atom. The second-order valence-electron chi connectivity index (χ2n) is 4.39. The third-order valence-corrected chi connectivity index (χ3v) is 3.12. The molecule has 0 aliphatic heterocycles. The van der Waals surface area contributed by atoms with Gasteiger partial charge in [0.2, 0.25) is 0 Å². The van der Waals surface area contributed by atoms with Crippen molar-refractivity contribution in [1.29, 1.82) is 0 Å². The van der Waals surface area contributed by atoms with E-state index in [-0.39, 0.29) is 18.6 Å². The van der Waals surface area contributed by atoms with Gasteiger partial charge in [0.05, 0.1) is 24.3 Å². The van der Waals surface area contributed by atoms with E-state index >= 15 is 0 Å². The van der Waals surface area contributed by atoms with Crippen LogP contribution >= 0.6 is 0 Å². The predicted octanol–water partition coefficient (Wildman–Crippen LogP) is 2.95. The van der Waals surface area contributed by atoms with Gasteiger partial charge < -0.3 is 9.30 Å². The van der Waals surface area contributed by atoms with E-state index in [2.05, 4.69) is 24.0 Å². The molecule has 4 nitrogen and oxygen atoms in total. The maximum atomic E-state index is 11.2. The molecule has 1 unspecified atom stereocenters. The van der Waals surface area contributed by atoms with Crippen LogP contribution < -0.4 is 0 Å². The van der Waals surface area contributed by atoms with Crippen molar-refractivity contribution in [2.75, 3.05) is 0 Å². The van der Waals surface area contributed by atoms with Crippen molar-refractivity contribution < 1.29 is 9.53 Å². The average molecular weight is 258 g/mol. The van der Waals surface area contributed by atoms with Crippen LogP contribution in [0.25, 0.3) is 0 Å². The standard InChI is InChI=1S/C15H18N2O2/c1-3-15(18)19-10-14-9-16-11-17(14)12(2)13-7-5-4-6-8-13/h4-9,11-12H,3,10H2,1-2H3. The van der Waals surface area contributed by atoms with E-state index in [4.69, 9.17) is 4.74 Å². The van der Waals surface area contributed by atoms with Crippen molar-refractivity contribution in [3.05, 3.63) is 54.1 Å². The summed E-state index contributed by atoms with van der Waals surface area (Å²) in [5.41, 5.74) is 2.10. The van der Waals surface area contributed by atoms with Gasteiger partial charge in [-0.25, -0.2) is 4.98 Å². The van der Waals surface area contributed by atoms with E-state index in [9.17, 15) is 4.79 Å². The number of imidazole rings is 1. The highest BCUT2D eigenvalue weighted by Gasteiger charge is 2.12. The molecule has 2 aromatic rings. The molecule has 0 saturated heterocycles. The van der Waals surface area contributed by atoms with Crippen LogP contribution in [0.5, 0.6) is 0 Å². The number of hydrogen-bond acceptors (Lipinski definition) is 3. The smallest absolute Gasteiger partial charge is 0.305 e. The molecule has 1 heterocycles. The molecule has 2 rings (SSSR count). The molecule has 19 heavy (non-hydrogen) atoms. The molecule has 0 aliphatic carbocycles. The molecule has 0 spiro atoms. The van der Waals surface area contributed by atoms with Crippen molar-refractivity contribution in [2.45, 2.75) is 32.9 Å². The molecule has 1 aromatic heterocycles. The van der Waals surface area contributed by atoms with Crippen LogP contribution in [0.1, 0.15) is 37.6 Å². The summed E-state index contributed by atoms with van der Waals surface area (Å²) in [6.07, 6.45) is 3.90. The summed E-state index contributed by atoms with van der Waals surface area (Å²) in [5.74, 6) is -0.194. The highest BCUT2D eigenvalue weighted by molar-refractivity contribution is 5.68. The number of aromatic nitrogens is 2. The largest absolute Gasteiger partial charge is 0.459 e. The second kappa shape index (κ2) is 6.18. The van der Waals surface area contributed by atoms with Gasteiger partial charge in [0.25, 0.3) is 0 Å². The molecule has 0 fully saturated rings. The van der Waals surface area contributed by atoms with Crippen LogP contribution in [0.2, 0.25) is 0 Å². The monoisotopic (exact) mass is 258 g/mol. The van der Waals surface area contributed by atoms with Gasteiger partial charge in [0.15, 0.2) is 0 Å². The lowest BCUT2D eigenvalue weighted by atomic mass is 10.1. The first-order valence-corrected chi connectivity index (χ1v) is 6.43. The first-order valence-electron chi connectivity index (χ1n) is 6.43. The van der Waals surface area contributed by atoms with Gasteiger partial charge >= 0.3 is 5.97 Å². The predicted molar refractivity (Wildman–Crippen MR) is 72.6 cm³/mol. The zero-order chi connectivity index (χ0) is 13.7. The van der Waals surface area contributed by atoms with Crippen molar-refractivity contribution >= 4 is 5.97 Å². The zero-order valence-electron chi connectivity index (χ0n) is 11.2. The van der Waals surface area contributed by atoms with Crippen molar-refractivity contribution in [3.8, 4) is 0 Å². The Morgan fingerprint density at radius 1 is 1.37 bits per heavy atom.